The molecular weight excluding hydrogens is 551 g/mol. The van der Waals surface area contributed by atoms with Crippen molar-refractivity contribution >= 4 is 58.5 Å². The Morgan fingerprint density at radius 1 is 0.706 bits per heavy atom. The lowest BCUT2D eigenvalue weighted by molar-refractivity contribution is 0.591. The van der Waals surface area contributed by atoms with Crippen molar-refractivity contribution in [1.29, 1.82) is 0 Å². The van der Waals surface area contributed by atoms with Crippen LogP contribution in [0.25, 0.3) is 0 Å². The lowest BCUT2D eigenvalue weighted by atomic mass is 10.2. The minimum Gasteiger partial charge on any atom is -0.399 e. The van der Waals surface area contributed by atoms with E-state index >= 15 is 0 Å². The van der Waals surface area contributed by atoms with Crippen molar-refractivity contribution in [2.75, 3.05) is 29.0 Å². The van der Waals surface area contributed by atoms with Gasteiger partial charge in [-0.05, 0) is 67.6 Å². The molecule has 196 valence electrons. The van der Waals surface area contributed by atoms with E-state index in [1.54, 1.807) is 0 Å². The average molecular weight is 583 g/mol. The Hall–Kier alpha value is -1.13. The molecule has 0 amide bonds. The Balaban J connectivity index is 0. The van der Waals surface area contributed by atoms with Gasteiger partial charge in [0.15, 0.2) is 9.84 Å². The van der Waals surface area contributed by atoms with Crippen molar-refractivity contribution in [3.8, 4) is 0 Å². The molecule has 2 rings (SSSR count). The predicted octanol–water partition coefficient (Wildman–Crippen LogP) is 6.38. The van der Waals surface area contributed by atoms with E-state index in [2.05, 4.69) is 0 Å². The number of benzene rings is 2. The third-order valence-corrected chi connectivity index (χ3v) is 7.24. The highest BCUT2D eigenvalue weighted by Crippen LogP contribution is 2.10. The van der Waals surface area contributed by atoms with E-state index in [0.29, 0.717) is 48.7 Å². The summed E-state index contributed by atoms with van der Waals surface area (Å²) in [6.07, 6.45) is 2.53. The normalized spacial score (nSPS) is 10.7. The van der Waals surface area contributed by atoms with E-state index in [-0.39, 0.29) is 36.3 Å². The molecule has 2 aromatic carbocycles. The maximum atomic E-state index is 12.6. The second-order valence-electron chi connectivity index (χ2n) is 6.81. The van der Waals surface area contributed by atoms with Crippen molar-refractivity contribution < 1.29 is 25.6 Å². The Morgan fingerprint density at radius 2 is 1.12 bits per heavy atom. The summed E-state index contributed by atoms with van der Waals surface area (Å²) >= 11 is 10.8. The van der Waals surface area contributed by atoms with E-state index in [4.69, 9.17) is 39.6 Å². The molecule has 0 aliphatic heterocycles. The third kappa shape index (κ3) is 21.4. The number of sulfone groups is 1. The molecule has 0 heterocycles. The summed E-state index contributed by atoms with van der Waals surface area (Å²) in [4.78, 5) is 0. The maximum absolute atomic E-state index is 12.6. The lowest BCUT2D eigenvalue weighted by Gasteiger charge is -2.03. The molecule has 0 aliphatic carbocycles. The molecule has 2 N–H and O–H groups in total. The van der Waals surface area contributed by atoms with Crippen molar-refractivity contribution in [2.45, 2.75) is 38.9 Å². The lowest BCUT2D eigenvalue weighted by Crippen LogP contribution is -2.09. The highest BCUT2D eigenvalue weighted by Gasteiger charge is 2.11. The van der Waals surface area contributed by atoms with Crippen molar-refractivity contribution in [3.63, 3.8) is 0 Å². The Labute approximate surface area is 216 Å². The number of halogens is 5. The first-order valence-corrected chi connectivity index (χ1v) is 15.3. The summed E-state index contributed by atoms with van der Waals surface area (Å²) in [5.74, 6) is 0.495. The Kier molecular flexibility index (Phi) is 19.7. The molecule has 0 spiro atoms. The van der Waals surface area contributed by atoms with Gasteiger partial charge >= 0.3 is 0 Å². The minimum atomic E-state index is -3.28. The number of alkyl halides is 2. The summed E-state index contributed by atoms with van der Waals surface area (Å²) in [5.41, 5.74) is 6.47. The molecule has 0 saturated heterocycles. The van der Waals surface area contributed by atoms with Crippen LogP contribution in [-0.4, -0.2) is 40.1 Å². The smallest absolute Gasteiger partial charge is 0.232 e. The van der Waals surface area contributed by atoms with Gasteiger partial charge in [0.05, 0.1) is 17.3 Å². The first kappa shape index (κ1) is 35.0. The fraction of sp³-hybridized carbons (Fsp3) is 0.455. The molecule has 0 atom stereocenters. The van der Waals surface area contributed by atoms with E-state index in [1.165, 1.54) is 48.5 Å². The number of hydrogen-bond acceptors (Lipinski definition) is 5. The topological polar surface area (TPSA) is 94.3 Å². The molecule has 12 heteroatoms. The number of hydrogen-bond donors (Lipinski definition) is 1. The minimum absolute atomic E-state index is 0. The standard InChI is InChI=1S/C11H14ClFO2S.C6H6FN.C4H8Cl2O2S.CH4/c12-7-1-2-8-16(14,15)9-10-3-5-11(13)6-4-10;7-5-1-3-6(8)4-2-5;5-3-1-2-4-9(6,7)8;/h3-6H,1-2,7-9H2;1-4H,8H2;1-4H2;1H4. The number of nitrogens with two attached hydrogens (primary N) is 1. The quantitative estimate of drug-likeness (QED) is 0.152. The van der Waals surface area contributed by atoms with E-state index in [1.807, 2.05) is 0 Å². The van der Waals surface area contributed by atoms with Crippen LogP contribution < -0.4 is 5.73 Å². The largest absolute Gasteiger partial charge is 0.399 e. The van der Waals surface area contributed by atoms with Crippen LogP contribution in [0.4, 0.5) is 14.5 Å². The highest BCUT2D eigenvalue weighted by molar-refractivity contribution is 8.13. The van der Waals surface area contributed by atoms with Crippen molar-refractivity contribution in [1.82, 2.24) is 0 Å². The summed E-state index contributed by atoms with van der Waals surface area (Å²) < 4.78 is 68.3. The summed E-state index contributed by atoms with van der Waals surface area (Å²) in [6.45, 7) is 0. The van der Waals surface area contributed by atoms with Gasteiger partial charge in [0.1, 0.15) is 11.6 Å². The maximum Gasteiger partial charge on any atom is 0.232 e. The van der Waals surface area contributed by atoms with E-state index in [0.717, 1.165) is 0 Å². The zero-order valence-corrected chi connectivity index (χ0v) is 21.8. The molecule has 0 aromatic heterocycles. The van der Waals surface area contributed by atoms with Gasteiger partial charge in [0, 0.05) is 28.1 Å². The zero-order chi connectivity index (χ0) is 25.3. The molecule has 0 fully saturated rings. The highest BCUT2D eigenvalue weighted by atomic mass is 35.7. The second kappa shape index (κ2) is 19.1. The van der Waals surface area contributed by atoms with Crippen molar-refractivity contribution in [3.05, 3.63) is 65.7 Å². The van der Waals surface area contributed by atoms with Crippen LogP contribution in [-0.2, 0) is 24.6 Å². The predicted molar refractivity (Wildman–Crippen MR) is 141 cm³/mol. The van der Waals surface area contributed by atoms with Gasteiger partial charge < -0.3 is 5.73 Å². The Morgan fingerprint density at radius 3 is 1.50 bits per heavy atom. The number of unbranched alkanes of at least 4 members (excludes halogenated alkanes) is 2. The van der Waals surface area contributed by atoms with Gasteiger partial charge in [-0.3, -0.25) is 0 Å². The van der Waals surface area contributed by atoms with Gasteiger partial charge in [0.25, 0.3) is 0 Å². The first-order chi connectivity index (χ1) is 15.4. The molecule has 0 radical (unpaired) electrons. The summed E-state index contributed by atoms with van der Waals surface area (Å²) in [6, 6.07) is 11.2. The molecule has 0 bridgehead atoms. The first-order valence-electron chi connectivity index (χ1n) is 9.88. The van der Waals surface area contributed by atoms with Crippen LogP contribution in [0, 0.1) is 11.6 Å². The molecular formula is C22H32Cl3F2NO4S2. The number of rotatable bonds is 10. The van der Waals surface area contributed by atoms with Crippen LogP contribution in [0.2, 0.25) is 0 Å². The molecule has 5 nitrogen and oxygen atoms in total. The fourth-order valence-electron chi connectivity index (χ4n) is 2.15. The number of nitrogen functional groups attached to an aromatic ring is 1. The van der Waals surface area contributed by atoms with Gasteiger partial charge in [-0.15, -0.1) is 23.2 Å². The SMILES string of the molecule is C.Nc1ccc(F)cc1.O=S(=O)(CCCCCl)Cc1ccc(F)cc1.O=S(=O)(Cl)CCCCCl. The van der Waals surface area contributed by atoms with Gasteiger partial charge in [0.2, 0.25) is 9.05 Å². The van der Waals surface area contributed by atoms with Crippen LogP contribution in [0.3, 0.4) is 0 Å². The molecule has 2 aromatic rings. The van der Waals surface area contributed by atoms with Crippen LogP contribution in [0.15, 0.2) is 48.5 Å². The van der Waals surface area contributed by atoms with Crippen LogP contribution >= 0.6 is 33.9 Å². The van der Waals surface area contributed by atoms with Crippen molar-refractivity contribution in [2.24, 2.45) is 0 Å². The van der Waals surface area contributed by atoms with Gasteiger partial charge in [-0.1, -0.05) is 19.6 Å². The van der Waals surface area contributed by atoms with Gasteiger partial charge in [-0.25, -0.2) is 25.6 Å². The van der Waals surface area contributed by atoms with Crippen LogP contribution in [0.5, 0.6) is 0 Å². The monoisotopic (exact) mass is 581 g/mol. The molecule has 0 unspecified atom stereocenters. The second-order valence-corrected chi connectivity index (χ2v) is 12.6. The fourth-order valence-corrected chi connectivity index (χ4v) is 4.90. The van der Waals surface area contributed by atoms with E-state index < -0.39 is 18.9 Å². The third-order valence-electron chi connectivity index (χ3n) is 3.78. The molecule has 0 saturated carbocycles. The summed E-state index contributed by atoms with van der Waals surface area (Å²) in [7, 11) is -1.49. The van der Waals surface area contributed by atoms with Gasteiger partial charge in [-0.2, -0.15) is 0 Å². The summed E-state index contributed by atoms with van der Waals surface area (Å²) in [5, 5.41) is 0. The Bertz CT molecular complexity index is 969. The van der Waals surface area contributed by atoms with E-state index in [9.17, 15) is 25.6 Å². The average Bonchev–Trinajstić information content (AvgIpc) is 2.72. The molecule has 34 heavy (non-hydrogen) atoms. The molecule has 0 aliphatic rings. The number of anilines is 1. The van der Waals surface area contributed by atoms with Crippen LogP contribution in [0.1, 0.15) is 38.7 Å². The zero-order valence-electron chi connectivity index (χ0n) is 17.9.